The van der Waals surface area contributed by atoms with Crippen molar-refractivity contribution in [3.8, 4) is 0 Å². The van der Waals surface area contributed by atoms with Crippen molar-refractivity contribution in [2.45, 2.75) is 219 Å². The maximum absolute atomic E-state index is 12.9. The molecule has 0 fully saturated rings. The third-order valence-electron chi connectivity index (χ3n) is 11.9. The van der Waals surface area contributed by atoms with E-state index < -0.39 is 24.3 Å². The number of hydrogen-bond donors (Lipinski definition) is 1. The number of nitrogens with zero attached hydrogens (tertiary/aromatic N) is 1. The van der Waals surface area contributed by atoms with Crippen molar-refractivity contribution in [2.24, 2.45) is 0 Å². The van der Waals surface area contributed by atoms with Crippen LogP contribution in [0, 0.1) is 0 Å². The molecule has 0 heterocycles. The smallest absolute Gasteiger partial charge is 0.361 e. The molecule has 0 bridgehead atoms. The van der Waals surface area contributed by atoms with E-state index in [2.05, 4.69) is 148 Å². The SMILES string of the molecule is CC/C=C\C/C=C\C/C=C\C/C=C\C/C=C\C/C=C\C/C=C\C/C=C\CCCCCCCCCCC(=O)OC(COC(=O)CCCCCCCCC/C=C\C/C=C\C/C=C\CC)COC(OCC[N+](C)(C)C)C(=O)O. The van der Waals surface area contributed by atoms with Crippen molar-refractivity contribution >= 4 is 17.9 Å². The van der Waals surface area contributed by atoms with E-state index in [1.165, 1.54) is 44.9 Å². The molecule has 0 aromatic carbocycles. The van der Waals surface area contributed by atoms with E-state index in [-0.39, 0.29) is 38.6 Å². The van der Waals surface area contributed by atoms with Gasteiger partial charge < -0.3 is 28.5 Å². The third-order valence-corrected chi connectivity index (χ3v) is 11.9. The van der Waals surface area contributed by atoms with Crippen molar-refractivity contribution in [2.75, 3.05) is 47.5 Å². The number of hydrogen-bond acceptors (Lipinski definition) is 7. The molecular weight excluding hydrogens is 935 g/mol. The summed E-state index contributed by atoms with van der Waals surface area (Å²) in [6, 6.07) is 0. The number of aliphatic carboxylic acids is 1. The summed E-state index contributed by atoms with van der Waals surface area (Å²) in [4.78, 5) is 37.4. The van der Waals surface area contributed by atoms with E-state index in [0.717, 1.165) is 128 Å². The molecule has 0 spiro atoms. The molecule has 0 saturated heterocycles. The lowest BCUT2D eigenvalue weighted by Crippen LogP contribution is -2.40. The Labute approximate surface area is 459 Å². The van der Waals surface area contributed by atoms with Gasteiger partial charge in [0.15, 0.2) is 6.10 Å². The van der Waals surface area contributed by atoms with Crippen LogP contribution in [0.4, 0.5) is 0 Å². The number of carboxylic acid groups (broad SMARTS) is 1. The van der Waals surface area contributed by atoms with E-state index in [0.29, 0.717) is 17.4 Å². The maximum atomic E-state index is 12.9. The van der Waals surface area contributed by atoms with Gasteiger partial charge in [0, 0.05) is 12.8 Å². The molecule has 424 valence electrons. The minimum absolute atomic E-state index is 0.177. The largest absolute Gasteiger partial charge is 0.477 e. The Morgan fingerprint density at radius 3 is 1.07 bits per heavy atom. The second-order valence-corrected chi connectivity index (χ2v) is 20.2. The molecule has 2 atom stereocenters. The van der Waals surface area contributed by atoms with E-state index >= 15 is 0 Å². The number of esters is 2. The zero-order valence-electron chi connectivity index (χ0n) is 48.2. The zero-order chi connectivity index (χ0) is 54.8. The summed E-state index contributed by atoms with van der Waals surface area (Å²) in [5.41, 5.74) is 0. The van der Waals surface area contributed by atoms with Gasteiger partial charge in [0.2, 0.25) is 0 Å². The van der Waals surface area contributed by atoms with Crippen LogP contribution in [0.1, 0.15) is 206 Å². The molecular formula is C66H108NO8+. The Hall–Kier alpha value is -4.57. The quantitative estimate of drug-likeness (QED) is 0.0211. The Morgan fingerprint density at radius 1 is 0.400 bits per heavy atom. The van der Waals surface area contributed by atoms with Gasteiger partial charge in [-0.2, -0.15) is 0 Å². The van der Waals surface area contributed by atoms with Crippen molar-refractivity contribution in [1.29, 1.82) is 0 Å². The number of quaternary nitrogens is 1. The zero-order valence-corrected chi connectivity index (χ0v) is 48.2. The number of carbonyl (C=O) groups is 3. The molecule has 9 nitrogen and oxygen atoms in total. The summed E-state index contributed by atoms with van der Waals surface area (Å²) >= 11 is 0. The summed E-state index contributed by atoms with van der Waals surface area (Å²) < 4.78 is 22.8. The van der Waals surface area contributed by atoms with Gasteiger partial charge in [-0.15, -0.1) is 0 Å². The highest BCUT2D eigenvalue weighted by molar-refractivity contribution is 5.71. The summed E-state index contributed by atoms with van der Waals surface area (Å²) in [7, 11) is 5.95. The lowest BCUT2D eigenvalue weighted by atomic mass is 10.1. The standard InChI is InChI=1S/C66H107NO8/c1-6-8-10-12-14-16-18-20-22-24-25-26-27-28-29-30-31-32-33-34-35-36-37-38-39-41-43-45-47-49-51-53-55-57-64(69)75-62(61-74-66(65(70)71)72-59-58-67(3,4)5)60-73-63(68)56-54-52-50-48-46-44-42-40-23-21-19-17-15-13-11-9-7-2/h8-11,14-17,20-23,25-26,28-29,31-32,34-35,37-38,62,66H,6-7,12-13,18-19,24,27,30,33,36,39-61H2,1-5H3/p+1/b10-8-,11-9-,16-14-,17-15-,22-20-,23-21-,26-25-,29-28-,32-31-,35-34-,38-37-. The highest BCUT2D eigenvalue weighted by Gasteiger charge is 2.25. The molecule has 0 rings (SSSR count). The van der Waals surface area contributed by atoms with Gasteiger partial charge in [-0.25, -0.2) is 4.79 Å². The van der Waals surface area contributed by atoms with E-state index in [1.807, 2.05) is 21.1 Å². The number of ether oxygens (including phenoxy) is 4. The average Bonchev–Trinajstić information content (AvgIpc) is 3.38. The molecule has 0 aromatic heterocycles. The fourth-order valence-corrected chi connectivity index (χ4v) is 7.45. The Bertz CT molecular complexity index is 1690. The van der Waals surface area contributed by atoms with Crippen molar-refractivity contribution < 1.29 is 42.9 Å². The number of rotatable bonds is 52. The average molecular weight is 1040 g/mol. The van der Waals surface area contributed by atoms with Gasteiger partial charge >= 0.3 is 17.9 Å². The van der Waals surface area contributed by atoms with E-state index in [4.69, 9.17) is 18.9 Å². The topological polar surface area (TPSA) is 108 Å². The number of allylic oxidation sites excluding steroid dienone is 22. The summed E-state index contributed by atoms with van der Waals surface area (Å²) in [5, 5.41) is 9.70. The van der Waals surface area contributed by atoms with Crippen molar-refractivity contribution in [3.63, 3.8) is 0 Å². The second kappa shape index (κ2) is 55.7. The van der Waals surface area contributed by atoms with Crippen LogP contribution in [0.15, 0.2) is 134 Å². The van der Waals surface area contributed by atoms with Gasteiger partial charge in [0.25, 0.3) is 6.29 Å². The first-order valence-electron chi connectivity index (χ1n) is 29.3. The van der Waals surface area contributed by atoms with Crippen LogP contribution in [0.2, 0.25) is 0 Å². The van der Waals surface area contributed by atoms with Gasteiger partial charge in [-0.3, -0.25) is 9.59 Å². The predicted octanol–water partition coefficient (Wildman–Crippen LogP) is 17.5. The van der Waals surface area contributed by atoms with Crippen molar-refractivity contribution in [1.82, 2.24) is 0 Å². The number of carboxylic acids is 1. The summed E-state index contributed by atoms with van der Waals surface area (Å²) in [6.07, 6.45) is 76.7. The Balaban J connectivity index is 4.27. The number of carbonyl (C=O) groups excluding carboxylic acids is 2. The van der Waals surface area contributed by atoms with Crippen LogP contribution >= 0.6 is 0 Å². The molecule has 2 unspecified atom stereocenters. The third kappa shape index (κ3) is 57.0. The maximum Gasteiger partial charge on any atom is 0.361 e. The monoisotopic (exact) mass is 1040 g/mol. The molecule has 0 aromatic rings. The van der Waals surface area contributed by atoms with Crippen LogP contribution in [-0.4, -0.2) is 87.4 Å². The molecule has 0 amide bonds. The highest BCUT2D eigenvalue weighted by Crippen LogP contribution is 2.14. The molecule has 0 saturated carbocycles. The fraction of sp³-hybridized carbons (Fsp3) is 0.621. The number of likely N-dealkylation sites (N-methyl/N-ethyl adjacent to an activating group) is 1. The minimum Gasteiger partial charge on any atom is -0.477 e. The summed E-state index contributed by atoms with van der Waals surface area (Å²) in [6.45, 7) is 4.61. The molecule has 0 aliphatic heterocycles. The van der Waals surface area contributed by atoms with E-state index in [9.17, 15) is 19.5 Å². The summed E-state index contributed by atoms with van der Waals surface area (Å²) in [5.74, 6) is -2.05. The first-order valence-corrected chi connectivity index (χ1v) is 29.3. The molecule has 0 radical (unpaired) electrons. The van der Waals surface area contributed by atoms with Crippen LogP contribution in [-0.2, 0) is 33.3 Å². The van der Waals surface area contributed by atoms with Gasteiger partial charge in [-0.1, -0.05) is 218 Å². The first kappa shape index (κ1) is 70.4. The molecule has 0 aliphatic carbocycles. The first-order chi connectivity index (χ1) is 36.6. The molecule has 0 aliphatic rings. The van der Waals surface area contributed by atoms with Crippen LogP contribution in [0.3, 0.4) is 0 Å². The van der Waals surface area contributed by atoms with Crippen LogP contribution in [0.5, 0.6) is 0 Å². The highest BCUT2D eigenvalue weighted by atomic mass is 16.7. The second-order valence-electron chi connectivity index (χ2n) is 20.2. The molecule has 75 heavy (non-hydrogen) atoms. The molecule has 1 N–H and O–H groups in total. The van der Waals surface area contributed by atoms with Crippen LogP contribution in [0.25, 0.3) is 0 Å². The normalized spacial score (nSPS) is 13.8. The minimum atomic E-state index is -1.52. The number of unbranched alkanes of at least 4 members (excludes halogenated alkanes) is 15. The van der Waals surface area contributed by atoms with Gasteiger partial charge in [-0.05, 0) is 109 Å². The van der Waals surface area contributed by atoms with Gasteiger partial charge in [0.1, 0.15) is 13.2 Å². The van der Waals surface area contributed by atoms with Crippen LogP contribution < -0.4 is 0 Å². The van der Waals surface area contributed by atoms with Gasteiger partial charge in [0.05, 0.1) is 34.4 Å². The predicted molar refractivity (Wildman–Crippen MR) is 317 cm³/mol. The molecule has 9 heteroatoms. The van der Waals surface area contributed by atoms with E-state index in [1.54, 1.807) is 0 Å². The fourth-order valence-electron chi connectivity index (χ4n) is 7.45. The Morgan fingerprint density at radius 2 is 0.720 bits per heavy atom. The lowest BCUT2D eigenvalue weighted by molar-refractivity contribution is -0.870. The Kier molecular flexibility index (Phi) is 52.3. The lowest BCUT2D eigenvalue weighted by Gasteiger charge is -2.25. The van der Waals surface area contributed by atoms with Crippen molar-refractivity contribution in [3.05, 3.63) is 134 Å².